The van der Waals surface area contributed by atoms with Gasteiger partial charge in [-0.15, -0.1) is 11.3 Å². The molecule has 0 radical (unpaired) electrons. The average Bonchev–Trinajstić information content (AvgIpc) is 2.74. The third-order valence-corrected chi connectivity index (χ3v) is 3.77. The van der Waals surface area contributed by atoms with Gasteiger partial charge < -0.3 is 5.32 Å². The predicted octanol–water partition coefficient (Wildman–Crippen LogP) is 3.36. The van der Waals surface area contributed by atoms with Gasteiger partial charge in [0.05, 0.1) is 17.6 Å². The van der Waals surface area contributed by atoms with Gasteiger partial charge in [-0.05, 0) is 19.2 Å². The van der Waals surface area contributed by atoms with Crippen LogP contribution in [-0.4, -0.2) is 17.0 Å². The molecule has 2 rings (SSSR count). The number of rotatable bonds is 3. The van der Waals surface area contributed by atoms with Crippen LogP contribution >= 0.6 is 11.3 Å². The van der Waals surface area contributed by atoms with E-state index in [1.807, 2.05) is 7.05 Å². The van der Waals surface area contributed by atoms with Crippen molar-refractivity contribution in [3.8, 4) is 10.7 Å². The van der Waals surface area contributed by atoms with E-state index in [2.05, 4.69) is 31.1 Å². The molecule has 19 heavy (non-hydrogen) atoms. The summed E-state index contributed by atoms with van der Waals surface area (Å²) < 4.78 is 12.9. The Morgan fingerprint density at radius 1 is 1.32 bits per heavy atom. The minimum absolute atomic E-state index is 0.0129. The van der Waals surface area contributed by atoms with Crippen LogP contribution in [0.15, 0.2) is 18.3 Å². The van der Waals surface area contributed by atoms with Crippen LogP contribution in [0.5, 0.6) is 0 Å². The van der Waals surface area contributed by atoms with Crippen molar-refractivity contribution < 1.29 is 4.39 Å². The summed E-state index contributed by atoms with van der Waals surface area (Å²) in [5.41, 5.74) is 1.79. The summed E-state index contributed by atoms with van der Waals surface area (Å²) in [5.74, 6) is -0.327. The molecule has 0 aliphatic heterocycles. The number of hydrogen-bond acceptors (Lipinski definition) is 4. The Hall–Kier alpha value is -1.33. The van der Waals surface area contributed by atoms with Crippen molar-refractivity contribution in [2.24, 2.45) is 0 Å². The maximum atomic E-state index is 12.9. The largest absolute Gasteiger partial charge is 0.315 e. The Labute approximate surface area is 116 Å². The molecule has 0 unspecified atom stereocenters. The fourth-order valence-corrected chi connectivity index (χ4v) is 3.09. The van der Waals surface area contributed by atoms with E-state index in [0.29, 0.717) is 0 Å². The van der Waals surface area contributed by atoms with Crippen molar-refractivity contribution in [1.29, 1.82) is 0 Å². The molecule has 0 saturated carbocycles. The second kappa shape index (κ2) is 5.35. The monoisotopic (exact) mass is 279 g/mol. The van der Waals surface area contributed by atoms with Gasteiger partial charge in [0.2, 0.25) is 0 Å². The van der Waals surface area contributed by atoms with E-state index in [-0.39, 0.29) is 11.2 Å². The Morgan fingerprint density at radius 2 is 2.05 bits per heavy atom. The molecule has 0 fully saturated rings. The van der Waals surface area contributed by atoms with E-state index >= 15 is 0 Å². The number of halogens is 1. The van der Waals surface area contributed by atoms with Crippen LogP contribution in [0.2, 0.25) is 0 Å². The lowest BCUT2D eigenvalue weighted by atomic mass is 9.91. The number of hydrogen-bond donors (Lipinski definition) is 1. The Balaban J connectivity index is 2.45. The Kier molecular flexibility index (Phi) is 3.96. The molecule has 5 heteroatoms. The van der Waals surface area contributed by atoms with E-state index < -0.39 is 0 Å². The second-order valence-corrected chi connectivity index (χ2v) is 6.52. The first kappa shape index (κ1) is 14.1. The predicted molar refractivity (Wildman–Crippen MR) is 76.8 cm³/mol. The smallest absolute Gasteiger partial charge is 0.142 e. The van der Waals surface area contributed by atoms with Crippen LogP contribution < -0.4 is 5.32 Å². The molecule has 0 atom stereocenters. The van der Waals surface area contributed by atoms with E-state index in [1.54, 1.807) is 17.4 Å². The van der Waals surface area contributed by atoms with Crippen LogP contribution in [0.1, 0.15) is 31.3 Å². The summed E-state index contributed by atoms with van der Waals surface area (Å²) in [6.45, 7) is 7.21. The van der Waals surface area contributed by atoms with E-state index in [1.165, 1.54) is 17.1 Å². The highest BCUT2D eigenvalue weighted by Crippen LogP contribution is 2.33. The van der Waals surface area contributed by atoms with Crippen molar-refractivity contribution in [2.75, 3.05) is 7.05 Å². The highest BCUT2D eigenvalue weighted by Gasteiger charge is 2.23. The lowest BCUT2D eigenvalue weighted by molar-refractivity contribution is 0.563. The van der Waals surface area contributed by atoms with Crippen molar-refractivity contribution in [2.45, 2.75) is 32.7 Å². The van der Waals surface area contributed by atoms with Gasteiger partial charge in [0.15, 0.2) is 0 Å². The minimum atomic E-state index is -0.327. The van der Waals surface area contributed by atoms with Gasteiger partial charge in [-0.25, -0.2) is 9.37 Å². The molecule has 0 aliphatic rings. The lowest BCUT2D eigenvalue weighted by Gasteiger charge is -2.17. The zero-order valence-corrected chi connectivity index (χ0v) is 12.4. The normalized spacial score (nSPS) is 11.8. The van der Waals surface area contributed by atoms with Gasteiger partial charge >= 0.3 is 0 Å². The van der Waals surface area contributed by atoms with Crippen molar-refractivity contribution >= 4 is 11.3 Å². The molecule has 0 bridgehead atoms. The van der Waals surface area contributed by atoms with Crippen LogP contribution in [0.3, 0.4) is 0 Å². The minimum Gasteiger partial charge on any atom is -0.315 e. The zero-order valence-electron chi connectivity index (χ0n) is 11.6. The van der Waals surface area contributed by atoms with E-state index in [0.717, 1.165) is 22.9 Å². The Bertz CT molecular complexity index is 555. The zero-order chi connectivity index (χ0) is 14.0. The maximum absolute atomic E-state index is 12.9. The van der Waals surface area contributed by atoms with Crippen LogP contribution in [0, 0.1) is 5.82 Å². The molecule has 0 aromatic carbocycles. The average molecular weight is 279 g/mol. The molecule has 0 saturated heterocycles. The van der Waals surface area contributed by atoms with Crippen LogP contribution in [0.25, 0.3) is 10.7 Å². The number of nitrogens with zero attached hydrogens (tertiary/aromatic N) is 2. The van der Waals surface area contributed by atoms with Gasteiger partial charge in [0.1, 0.15) is 10.8 Å². The first-order valence-electron chi connectivity index (χ1n) is 6.18. The quantitative estimate of drug-likeness (QED) is 0.936. The molecule has 0 aliphatic carbocycles. The fraction of sp³-hybridized carbons (Fsp3) is 0.429. The molecule has 3 nitrogen and oxygen atoms in total. The molecule has 0 spiro atoms. The summed E-state index contributed by atoms with van der Waals surface area (Å²) in [6.07, 6.45) is 1.23. The molecule has 2 aromatic heterocycles. The molecule has 2 heterocycles. The highest BCUT2D eigenvalue weighted by atomic mass is 32.1. The maximum Gasteiger partial charge on any atom is 0.142 e. The van der Waals surface area contributed by atoms with E-state index in [9.17, 15) is 4.39 Å². The summed E-state index contributed by atoms with van der Waals surface area (Å²) in [7, 11) is 1.92. The van der Waals surface area contributed by atoms with Gasteiger partial charge in [0, 0.05) is 16.8 Å². The van der Waals surface area contributed by atoms with Gasteiger partial charge in [-0.3, -0.25) is 4.98 Å². The topological polar surface area (TPSA) is 37.8 Å². The first-order chi connectivity index (χ1) is 8.91. The van der Waals surface area contributed by atoms with Gasteiger partial charge in [-0.2, -0.15) is 0 Å². The lowest BCUT2D eigenvalue weighted by Crippen LogP contribution is -2.16. The van der Waals surface area contributed by atoms with Crippen molar-refractivity contribution in [1.82, 2.24) is 15.3 Å². The van der Waals surface area contributed by atoms with Crippen molar-refractivity contribution in [3.05, 3.63) is 34.7 Å². The summed E-state index contributed by atoms with van der Waals surface area (Å²) in [6, 6.07) is 3.09. The summed E-state index contributed by atoms with van der Waals surface area (Å²) >= 11 is 1.61. The van der Waals surface area contributed by atoms with E-state index in [4.69, 9.17) is 4.98 Å². The summed E-state index contributed by atoms with van der Waals surface area (Å²) in [4.78, 5) is 10.00. The molecule has 1 N–H and O–H groups in total. The van der Waals surface area contributed by atoms with Crippen LogP contribution in [-0.2, 0) is 12.0 Å². The fourth-order valence-electron chi connectivity index (χ4n) is 1.83. The molecular formula is C14H18FN3S. The van der Waals surface area contributed by atoms with Gasteiger partial charge in [-0.1, -0.05) is 20.8 Å². The number of thiazole rings is 1. The second-order valence-electron chi connectivity index (χ2n) is 5.43. The third-order valence-electron chi connectivity index (χ3n) is 2.69. The molecule has 102 valence electrons. The number of aromatic nitrogens is 2. The molecule has 0 amide bonds. The van der Waals surface area contributed by atoms with Gasteiger partial charge in [0.25, 0.3) is 0 Å². The SMILES string of the molecule is CNCc1sc(-c2ccc(F)cn2)nc1C(C)(C)C. The molecule has 2 aromatic rings. The third kappa shape index (κ3) is 3.16. The standard InChI is InChI=1S/C14H18FN3S/c1-14(2,3)12-11(8-16-4)19-13(18-12)10-6-5-9(15)7-17-10/h5-7,16H,8H2,1-4H3. The highest BCUT2D eigenvalue weighted by molar-refractivity contribution is 7.15. The summed E-state index contributed by atoms with van der Waals surface area (Å²) in [5, 5.41) is 4.00. The first-order valence-corrected chi connectivity index (χ1v) is 7.00. The molecular weight excluding hydrogens is 261 g/mol. The van der Waals surface area contributed by atoms with Crippen LogP contribution in [0.4, 0.5) is 4.39 Å². The number of pyridine rings is 1. The van der Waals surface area contributed by atoms with Crippen molar-refractivity contribution in [3.63, 3.8) is 0 Å². The Morgan fingerprint density at radius 3 is 2.58 bits per heavy atom. The number of nitrogens with one attached hydrogen (secondary N) is 1.